The first kappa shape index (κ1) is 24.3. The third kappa shape index (κ3) is 4.58. The largest absolute Gasteiger partial charge is 0.462 e. The van der Waals surface area contributed by atoms with Gasteiger partial charge in [-0.3, -0.25) is 4.79 Å². The van der Waals surface area contributed by atoms with Gasteiger partial charge in [0.1, 0.15) is 6.10 Å². The van der Waals surface area contributed by atoms with Gasteiger partial charge < -0.3 is 4.74 Å². The van der Waals surface area contributed by atoms with Gasteiger partial charge in [0.2, 0.25) is 0 Å². The van der Waals surface area contributed by atoms with Crippen molar-refractivity contribution in [1.29, 1.82) is 0 Å². The Morgan fingerprint density at radius 3 is 2.53 bits per heavy atom. The Kier molecular flexibility index (Phi) is 7.78. The van der Waals surface area contributed by atoms with E-state index >= 15 is 0 Å². The molecule has 0 spiro atoms. The van der Waals surface area contributed by atoms with Crippen molar-refractivity contribution in [2.75, 3.05) is 0 Å². The topological polar surface area (TPSA) is 26.3 Å². The van der Waals surface area contributed by atoms with Crippen molar-refractivity contribution in [1.82, 2.24) is 0 Å². The Morgan fingerprint density at radius 2 is 1.75 bits per heavy atom. The average Bonchev–Trinajstić information content (AvgIpc) is 3.12. The summed E-state index contributed by atoms with van der Waals surface area (Å²) in [4.78, 5) is 11.8. The van der Waals surface area contributed by atoms with E-state index in [-0.39, 0.29) is 12.1 Å². The molecule has 0 radical (unpaired) electrons. The number of fused-ring (bicyclic) bond motifs is 5. The molecule has 3 fully saturated rings. The van der Waals surface area contributed by atoms with Crippen molar-refractivity contribution in [3.8, 4) is 0 Å². The molecular weight excluding hydrogens is 392 g/mol. The molecule has 7 atom stereocenters. The van der Waals surface area contributed by atoms with Gasteiger partial charge >= 0.3 is 5.97 Å². The maximum absolute atomic E-state index is 11.8. The van der Waals surface area contributed by atoms with Crippen LogP contribution >= 0.6 is 0 Å². The van der Waals surface area contributed by atoms with Gasteiger partial charge in [0.25, 0.3) is 0 Å². The maximum atomic E-state index is 11.8. The molecule has 2 nitrogen and oxygen atoms in total. The number of esters is 1. The second-order valence-corrected chi connectivity index (χ2v) is 12.3. The summed E-state index contributed by atoms with van der Waals surface area (Å²) in [6.07, 6.45) is 23.7. The van der Waals surface area contributed by atoms with Crippen LogP contribution in [0.2, 0.25) is 0 Å². The van der Waals surface area contributed by atoms with Gasteiger partial charge in [0.15, 0.2) is 0 Å². The molecule has 0 amide bonds. The Hall–Kier alpha value is -0.790. The molecule has 0 aromatic rings. The molecule has 4 aliphatic carbocycles. The van der Waals surface area contributed by atoms with Gasteiger partial charge in [0, 0.05) is 12.8 Å². The Labute approximate surface area is 198 Å². The van der Waals surface area contributed by atoms with Crippen LogP contribution in [0.1, 0.15) is 130 Å². The number of carbonyl (C=O) groups is 1. The molecule has 0 bridgehead atoms. The molecule has 0 aromatic carbocycles. The van der Waals surface area contributed by atoms with Crippen molar-refractivity contribution in [2.45, 2.75) is 137 Å². The van der Waals surface area contributed by atoms with Crippen LogP contribution in [0.3, 0.4) is 0 Å². The van der Waals surface area contributed by atoms with Crippen LogP contribution in [0.15, 0.2) is 11.6 Å². The summed E-state index contributed by atoms with van der Waals surface area (Å²) < 4.78 is 5.76. The fourth-order valence-electron chi connectivity index (χ4n) is 8.75. The third-order valence-electron chi connectivity index (χ3n) is 10.7. The standard InChI is InChI=1S/C30H50O2/c1-5-7-8-9-10-11-12-22-14-16-26-25-15-13-23-21-24(32-28(31)6-2)17-19-30(23,4)27(25)18-20-29(22,26)3/h13,22,24-27H,5-12,14-21H2,1-4H3/t22-,24+,25+,26-,27+,29-,30+/m1/s1. The molecule has 0 N–H and O–H groups in total. The zero-order valence-corrected chi connectivity index (χ0v) is 21.6. The van der Waals surface area contributed by atoms with Crippen LogP contribution in [-0.2, 0) is 9.53 Å². The van der Waals surface area contributed by atoms with Gasteiger partial charge in [-0.1, -0.05) is 77.9 Å². The molecule has 2 heteroatoms. The van der Waals surface area contributed by atoms with E-state index in [1.165, 1.54) is 83.5 Å². The number of ether oxygens (including phenoxy) is 1. The normalized spacial score (nSPS) is 40.8. The molecular formula is C30H50O2. The first-order chi connectivity index (χ1) is 15.4. The monoisotopic (exact) mass is 442 g/mol. The maximum Gasteiger partial charge on any atom is 0.305 e. The van der Waals surface area contributed by atoms with Gasteiger partial charge in [0.05, 0.1) is 0 Å². The highest BCUT2D eigenvalue weighted by Crippen LogP contribution is 2.66. The van der Waals surface area contributed by atoms with Crippen molar-refractivity contribution in [2.24, 2.45) is 34.5 Å². The van der Waals surface area contributed by atoms with Crippen molar-refractivity contribution < 1.29 is 9.53 Å². The number of allylic oxidation sites excluding steroid dienone is 1. The fourth-order valence-corrected chi connectivity index (χ4v) is 8.75. The lowest BCUT2D eigenvalue weighted by atomic mass is 9.47. The lowest BCUT2D eigenvalue weighted by Gasteiger charge is -2.58. The number of carbonyl (C=O) groups excluding carboxylic acids is 1. The highest BCUT2D eigenvalue weighted by atomic mass is 16.5. The van der Waals surface area contributed by atoms with E-state index in [0.717, 1.165) is 36.5 Å². The predicted octanol–water partition coefficient (Wildman–Crippen LogP) is 8.64. The molecule has 182 valence electrons. The summed E-state index contributed by atoms with van der Waals surface area (Å²) in [5.74, 6) is 3.64. The van der Waals surface area contributed by atoms with Gasteiger partial charge in [-0.05, 0) is 85.9 Å². The average molecular weight is 443 g/mol. The number of hydrogen-bond acceptors (Lipinski definition) is 2. The number of hydrogen-bond donors (Lipinski definition) is 0. The summed E-state index contributed by atoms with van der Waals surface area (Å²) in [5.41, 5.74) is 2.58. The van der Waals surface area contributed by atoms with E-state index in [1.807, 2.05) is 6.92 Å². The molecule has 32 heavy (non-hydrogen) atoms. The van der Waals surface area contributed by atoms with Crippen molar-refractivity contribution in [3.63, 3.8) is 0 Å². The Balaban J connectivity index is 1.38. The fraction of sp³-hybridized carbons (Fsp3) is 0.900. The second kappa shape index (κ2) is 10.2. The lowest BCUT2D eigenvalue weighted by molar-refractivity contribution is -0.151. The lowest BCUT2D eigenvalue weighted by Crippen LogP contribution is -2.50. The summed E-state index contributed by atoms with van der Waals surface area (Å²) in [6, 6.07) is 0. The van der Waals surface area contributed by atoms with Crippen LogP contribution < -0.4 is 0 Å². The minimum atomic E-state index is -0.0244. The summed E-state index contributed by atoms with van der Waals surface area (Å²) in [6.45, 7) is 9.47. The molecule has 4 aliphatic rings. The third-order valence-corrected chi connectivity index (χ3v) is 10.7. The molecule has 3 saturated carbocycles. The molecule has 0 saturated heterocycles. The molecule has 0 heterocycles. The zero-order chi connectivity index (χ0) is 22.8. The highest BCUT2D eigenvalue weighted by molar-refractivity contribution is 5.69. The van der Waals surface area contributed by atoms with E-state index < -0.39 is 0 Å². The van der Waals surface area contributed by atoms with E-state index in [2.05, 4.69) is 26.8 Å². The minimum Gasteiger partial charge on any atom is -0.462 e. The minimum absolute atomic E-state index is 0.0244. The van der Waals surface area contributed by atoms with E-state index in [9.17, 15) is 4.79 Å². The van der Waals surface area contributed by atoms with Gasteiger partial charge in [-0.25, -0.2) is 0 Å². The van der Waals surface area contributed by atoms with E-state index in [4.69, 9.17) is 4.74 Å². The second-order valence-electron chi connectivity index (χ2n) is 12.3. The molecule has 0 aliphatic heterocycles. The predicted molar refractivity (Wildman–Crippen MR) is 133 cm³/mol. The van der Waals surface area contributed by atoms with Crippen molar-refractivity contribution in [3.05, 3.63) is 11.6 Å². The number of unbranched alkanes of at least 4 members (excludes halogenated alkanes) is 5. The van der Waals surface area contributed by atoms with Gasteiger partial charge in [-0.2, -0.15) is 0 Å². The zero-order valence-electron chi connectivity index (χ0n) is 21.6. The van der Waals surface area contributed by atoms with E-state index in [1.54, 1.807) is 5.57 Å². The molecule has 4 rings (SSSR count). The highest BCUT2D eigenvalue weighted by Gasteiger charge is 2.58. The first-order valence-electron chi connectivity index (χ1n) is 14.3. The Bertz CT molecular complexity index is 680. The number of rotatable bonds is 9. The quantitative estimate of drug-likeness (QED) is 0.203. The van der Waals surface area contributed by atoms with E-state index in [0.29, 0.717) is 17.3 Å². The van der Waals surface area contributed by atoms with Crippen LogP contribution in [-0.4, -0.2) is 12.1 Å². The smallest absolute Gasteiger partial charge is 0.305 e. The Morgan fingerprint density at radius 1 is 0.969 bits per heavy atom. The van der Waals surface area contributed by atoms with Gasteiger partial charge in [-0.15, -0.1) is 0 Å². The first-order valence-corrected chi connectivity index (χ1v) is 14.3. The molecule has 0 aromatic heterocycles. The molecule has 0 unspecified atom stereocenters. The SMILES string of the molecule is CCCCCCCC[C@@H]1CC[C@@H]2[C@@H]3CC=C4C[C@@H](OC(=O)CC)CC[C@]4(C)[C@H]3CC[C@]12C. The van der Waals surface area contributed by atoms with Crippen LogP contribution in [0.4, 0.5) is 0 Å². The summed E-state index contributed by atoms with van der Waals surface area (Å²) in [7, 11) is 0. The van der Waals surface area contributed by atoms with Crippen molar-refractivity contribution >= 4 is 5.97 Å². The van der Waals surface area contributed by atoms with Crippen LogP contribution in [0.5, 0.6) is 0 Å². The summed E-state index contributed by atoms with van der Waals surface area (Å²) >= 11 is 0. The van der Waals surface area contributed by atoms with Crippen LogP contribution in [0, 0.1) is 34.5 Å². The summed E-state index contributed by atoms with van der Waals surface area (Å²) in [5, 5.41) is 0. The van der Waals surface area contributed by atoms with Crippen LogP contribution in [0.25, 0.3) is 0 Å².